The fraction of sp³-hybridized carbons (Fsp3) is 0.394. The zero-order valence-corrected chi connectivity index (χ0v) is 27.1. The van der Waals surface area contributed by atoms with E-state index in [9.17, 15) is 9.59 Å². The molecule has 0 aliphatic carbocycles. The van der Waals surface area contributed by atoms with Gasteiger partial charge in [-0.2, -0.15) is 0 Å². The number of halogens is 2. The Morgan fingerprint density at radius 2 is 1.89 bits per heavy atom. The minimum absolute atomic E-state index is 0.0133. The third kappa shape index (κ3) is 5.76. The van der Waals surface area contributed by atoms with Crippen molar-refractivity contribution in [2.45, 2.75) is 39.3 Å². The van der Waals surface area contributed by atoms with Crippen molar-refractivity contribution in [3.05, 3.63) is 80.8 Å². The molecule has 11 heteroatoms. The van der Waals surface area contributed by atoms with E-state index in [4.69, 9.17) is 32.9 Å². The minimum Gasteiger partial charge on any atom is -0.474 e. The number of carbonyl (C=O) groups is 1. The average Bonchev–Trinajstić information content (AvgIpc) is 3.26. The molecule has 5 heterocycles. The first-order chi connectivity index (χ1) is 20.9. The lowest BCUT2D eigenvalue weighted by Crippen LogP contribution is -2.57. The van der Waals surface area contributed by atoms with E-state index >= 15 is 0 Å². The van der Waals surface area contributed by atoms with Gasteiger partial charge in [-0.25, -0.2) is 9.97 Å². The molecule has 1 atom stereocenters. The van der Waals surface area contributed by atoms with Gasteiger partial charge in [0, 0.05) is 43.5 Å². The van der Waals surface area contributed by atoms with Crippen molar-refractivity contribution < 1.29 is 9.53 Å². The number of carbonyl (C=O) groups excluding carboxylic acids is 1. The van der Waals surface area contributed by atoms with Gasteiger partial charge in [0.05, 0.1) is 39.7 Å². The summed E-state index contributed by atoms with van der Waals surface area (Å²) in [6, 6.07) is 11.6. The smallest absolute Gasteiger partial charge is 0.232 e. The lowest BCUT2D eigenvalue weighted by molar-refractivity contribution is 0.101. The minimum atomic E-state index is -0.344. The van der Waals surface area contributed by atoms with Crippen LogP contribution in [0.3, 0.4) is 0 Å². The lowest BCUT2D eigenvalue weighted by atomic mass is 9.91. The van der Waals surface area contributed by atoms with Crippen LogP contribution in [0.5, 0.6) is 5.88 Å². The van der Waals surface area contributed by atoms with E-state index in [2.05, 4.69) is 47.6 Å². The highest BCUT2D eigenvalue weighted by molar-refractivity contribution is 6.34. The van der Waals surface area contributed by atoms with Gasteiger partial charge < -0.3 is 24.0 Å². The van der Waals surface area contributed by atoms with Crippen molar-refractivity contribution in [3.8, 4) is 11.6 Å². The summed E-state index contributed by atoms with van der Waals surface area (Å²) in [6.45, 7) is 8.76. The Kier molecular flexibility index (Phi) is 8.07. The number of ether oxygens (including phenoxy) is 1. The van der Waals surface area contributed by atoms with Crippen molar-refractivity contribution in [3.63, 3.8) is 0 Å². The largest absolute Gasteiger partial charge is 0.474 e. The van der Waals surface area contributed by atoms with E-state index in [1.807, 2.05) is 22.8 Å². The molecule has 1 aromatic carbocycles. The predicted molar refractivity (Wildman–Crippen MR) is 176 cm³/mol. The van der Waals surface area contributed by atoms with Gasteiger partial charge in [-0.15, -0.1) is 0 Å². The summed E-state index contributed by atoms with van der Waals surface area (Å²) < 4.78 is 7.94. The molecule has 4 aromatic rings. The summed E-state index contributed by atoms with van der Waals surface area (Å²) >= 11 is 13.2. The highest BCUT2D eigenvalue weighted by atomic mass is 35.5. The van der Waals surface area contributed by atoms with Crippen LogP contribution >= 0.6 is 23.2 Å². The number of anilines is 2. The SMILES string of the molecule is CC(=O)c1cn(-c2ccc(N3CC(N(C)C)C3)nc2)c2cc(N3CC(C)(C)C[C@@H]3COc3ncccc3Cl)c(Cl)cc2c1=O. The summed E-state index contributed by atoms with van der Waals surface area (Å²) in [4.78, 5) is 41.7. The molecule has 2 saturated heterocycles. The van der Waals surface area contributed by atoms with E-state index < -0.39 is 0 Å². The third-order valence-electron chi connectivity index (χ3n) is 8.65. The molecule has 0 saturated carbocycles. The van der Waals surface area contributed by atoms with Crippen molar-refractivity contribution in [1.82, 2.24) is 19.4 Å². The van der Waals surface area contributed by atoms with Crippen LogP contribution in [-0.2, 0) is 0 Å². The summed E-state index contributed by atoms with van der Waals surface area (Å²) in [5.41, 5.74) is 1.91. The van der Waals surface area contributed by atoms with Crippen molar-refractivity contribution >= 4 is 51.4 Å². The average molecular weight is 636 g/mol. The maximum absolute atomic E-state index is 13.5. The Morgan fingerprint density at radius 1 is 1.11 bits per heavy atom. The predicted octanol–water partition coefficient (Wildman–Crippen LogP) is 5.72. The molecule has 0 radical (unpaired) electrons. The fourth-order valence-corrected chi connectivity index (χ4v) is 6.63. The molecule has 0 spiro atoms. The van der Waals surface area contributed by atoms with Crippen LogP contribution in [-0.4, -0.2) is 77.6 Å². The first-order valence-corrected chi connectivity index (χ1v) is 15.4. The van der Waals surface area contributed by atoms with Gasteiger partial charge in [0.1, 0.15) is 17.4 Å². The van der Waals surface area contributed by atoms with E-state index in [1.165, 1.54) is 6.92 Å². The summed E-state index contributed by atoms with van der Waals surface area (Å²) in [6.07, 6.45) is 5.91. The number of hydrogen-bond donors (Lipinski definition) is 0. The number of nitrogens with zero attached hydrogens (tertiary/aromatic N) is 6. The van der Waals surface area contributed by atoms with Gasteiger partial charge in [-0.05, 0) is 69.3 Å². The normalized spacial score (nSPS) is 18.2. The van der Waals surface area contributed by atoms with Crippen LogP contribution in [0.25, 0.3) is 16.6 Å². The number of pyridine rings is 3. The highest BCUT2D eigenvalue weighted by Gasteiger charge is 2.39. The molecule has 0 bridgehead atoms. The first-order valence-electron chi connectivity index (χ1n) is 14.7. The van der Waals surface area contributed by atoms with Gasteiger partial charge in [0.15, 0.2) is 11.2 Å². The Hall–Kier alpha value is -3.66. The Bertz CT molecular complexity index is 1780. The first kappa shape index (κ1) is 30.4. The van der Waals surface area contributed by atoms with Crippen molar-refractivity contribution in [2.24, 2.45) is 5.41 Å². The molecular weight excluding hydrogens is 599 g/mol. The highest BCUT2D eigenvalue weighted by Crippen LogP contribution is 2.41. The standard InChI is InChI=1S/C33H36Cl2N6O3/c1-20(42)25-17-40(21-8-9-30(37-14-21)39-15-23(16-39)38(4)5)28-12-29(27(35)11-24(28)31(25)43)41-19-33(2,3)13-22(41)18-44-32-26(34)7-6-10-36-32/h6-12,14,17,22-23H,13,15-16,18-19H2,1-5H3/t22-/m1/s1. The molecule has 2 aliphatic heterocycles. The van der Waals surface area contributed by atoms with Crippen LogP contribution < -0.4 is 20.0 Å². The van der Waals surface area contributed by atoms with Crippen molar-refractivity contribution in [2.75, 3.05) is 50.1 Å². The number of fused-ring (bicyclic) bond motifs is 1. The van der Waals surface area contributed by atoms with Crippen molar-refractivity contribution in [1.29, 1.82) is 0 Å². The number of rotatable bonds is 8. The molecular formula is C33H36Cl2N6O3. The van der Waals surface area contributed by atoms with Crippen LogP contribution in [0.1, 0.15) is 37.6 Å². The molecule has 2 aliphatic rings. The summed E-state index contributed by atoms with van der Waals surface area (Å²) in [5, 5.41) is 1.26. The molecule has 9 nitrogen and oxygen atoms in total. The van der Waals surface area contributed by atoms with Gasteiger partial charge in [-0.1, -0.05) is 37.0 Å². The van der Waals surface area contributed by atoms with Crippen LogP contribution in [0.4, 0.5) is 11.5 Å². The Morgan fingerprint density at radius 3 is 2.55 bits per heavy atom. The number of ketones is 1. The van der Waals surface area contributed by atoms with Gasteiger partial charge in [0.2, 0.25) is 5.88 Å². The number of hydrogen-bond acceptors (Lipinski definition) is 8. The van der Waals surface area contributed by atoms with Gasteiger partial charge >= 0.3 is 0 Å². The topological polar surface area (TPSA) is 83.8 Å². The Balaban J connectivity index is 1.40. The summed E-state index contributed by atoms with van der Waals surface area (Å²) in [7, 11) is 4.17. The lowest BCUT2D eigenvalue weighted by Gasteiger charge is -2.43. The van der Waals surface area contributed by atoms with Crippen LogP contribution in [0, 0.1) is 5.41 Å². The van der Waals surface area contributed by atoms with E-state index in [1.54, 1.807) is 36.8 Å². The number of Topliss-reactive ketones (excluding diaryl/α,β-unsaturated/α-hetero) is 1. The maximum atomic E-state index is 13.5. The summed E-state index contributed by atoms with van der Waals surface area (Å²) in [5.74, 6) is 0.973. The monoisotopic (exact) mass is 634 g/mol. The third-order valence-corrected chi connectivity index (χ3v) is 9.24. The quantitative estimate of drug-likeness (QED) is 0.227. The molecule has 3 aromatic heterocycles. The Labute approximate surface area is 267 Å². The molecule has 0 unspecified atom stereocenters. The van der Waals surface area contributed by atoms with E-state index in [0.29, 0.717) is 39.5 Å². The molecule has 230 valence electrons. The maximum Gasteiger partial charge on any atom is 0.232 e. The fourth-order valence-electron chi connectivity index (χ4n) is 6.18. The molecule has 44 heavy (non-hydrogen) atoms. The van der Waals surface area contributed by atoms with Crippen LogP contribution in [0.15, 0.2) is 59.8 Å². The van der Waals surface area contributed by atoms with Gasteiger partial charge in [0.25, 0.3) is 0 Å². The molecule has 0 N–H and O–H groups in total. The van der Waals surface area contributed by atoms with Gasteiger partial charge in [-0.3, -0.25) is 9.59 Å². The van der Waals surface area contributed by atoms with E-state index in [-0.39, 0.29) is 28.2 Å². The van der Waals surface area contributed by atoms with E-state index in [0.717, 1.165) is 43.2 Å². The number of aromatic nitrogens is 3. The molecule has 2 fully saturated rings. The second kappa shape index (κ2) is 11.7. The molecule has 6 rings (SSSR count). The zero-order valence-electron chi connectivity index (χ0n) is 25.6. The zero-order chi connectivity index (χ0) is 31.3. The second-order valence-electron chi connectivity index (χ2n) is 12.8. The van der Waals surface area contributed by atoms with Crippen LogP contribution in [0.2, 0.25) is 10.0 Å². The number of likely N-dealkylation sites (N-methyl/N-ethyl adjacent to an activating group) is 1. The second-order valence-corrected chi connectivity index (χ2v) is 13.6. The molecule has 0 amide bonds. The number of benzene rings is 1.